The van der Waals surface area contributed by atoms with Gasteiger partial charge in [0.1, 0.15) is 28.2 Å². The lowest BCUT2D eigenvalue weighted by atomic mass is 10.2. The Morgan fingerprint density at radius 3 is 2.58 bits per heavy atom. The lowest BCUT2D eigenvalue weighted by Gasteiger charge is -2.10. The minimum atomic E-state index is -0.188. The Morgan fingerprint density at radius 2 is 1.92 bits per heavy atom. The average Bonchev–Trinajstić information content (AvgIpc) is 3.18. The molecule has 0 aliphatic heterocycles. The number of hydrogen-bond donors (Lipinski definition) is 0. The Kier molecular flexibility index (Phi) is 6.27. The van der Waals surface area contributed by atoms with Crippen LogP contribution in [0.2, 0.25) is 0 Å². The minimum Gasteiger partial charge on any atom is -0.497 e. The van der Waals surface area contributed by atoms with Crippen molar-refractivity contribution in [3.05, 3.63) is 69.7 Å². The molecule has 0 amide bonds. The van der Waals surface area contributed by atoms with Gasteiger partial charge in [-0.2, -0.15) is 0 Å². The highest BCUT2D eigenvalue weighted by Gasteiger charge is 2.16. The first-order valence-electron chi connectivity index (χ1n) is 7.85. The van der Waals surface area contributed by atoms with E-state index >= 15 is 0 Å². The van der Waals surface area contributed by atoms with Gasteiger partial charge in [0.15, 0.2) is 0 Å². The molecule has 134 valence electrons. The van der Waals surface area contributed by atoms with Crippen LogP contribution in [0.1, 0.15) is 34.2 Å². The summed E-state index contributed by atoms with van der Waals surface area (Å²) in [4.78, 5) is 8.02. The van der Waals surface area contributed by atoms with E-state index in [1.165, 1.54) is 23.2 Å². The smallest absolute Gasteiger partial charge is 0.149 e. The van der Waals surface area contributed by atoms with Gasteiger partial charge in [0.25, 0.3) is 0 Å². The van der Waals surface area contributed by atoms with E-state index in [9.17, 15) is 0 Å². The first-order valence-corrected chi connectivity index (χ1v) is 9.10. The molecule has 0 N–H and O–H groups in total. The Labute approximate surface area is 160 Å². The fraction of sp³-hybridized carbons (Fsp3) is 0.222. The molecule has 0 aliphatic rings. The molecule has 3 rings (SSSR count). The summed E-state index contributed by atoms with van der Waals surface area (Å²) in [5.41, 5.74) is 4.05. The number of halogens is 1. The van der Waals surface area contributed by atoms with E-state index in [0.717, 1.165) is 27.5 Å². The number of aromatic nitrogens is 4. The van der Waals surface area contributed by atoms with Crippen LogP contribution in [0.5, 0.6) is 5.75 Å². The molecule has 0 bridgehead atoms. The Morgan fingerprint density at radius 1 is 1.19 bits per heavy atom. The van der Waals surface area contributed by atoms with Gasteiger partial charge in [0.2, 0.25) is 0 Å². The molecule has 1 aromatic carbocycles. The summed E-state index contributed by atoms with van der Waals surface area (Å²) >= 11 is 7.41. The molecule has 1 unspecified atom stereocenters. The maximum atomic E-state index is 5.97. The molecule has 0 fully saturated rings. The van der Waals surface area contributed by atoms with Gasteiger partial charge < -0.3 is 9.47 Å². The molecule has 0 saturated heterocycles. The van der Waals surface area contributed by atoms with Crippen LogP contribution in [0.3, 0.4) is 0 Å². The van der Waals surface area contributed by atoms with Crippen molar-refractivity contribution < 1.29 is 9.47 Å². The number of rotatable bonds is 7. The number of methoxy groups -OCH3 is 1. The van der Waals surface area contributed by atoms with Gasteiger partial charge in [-0.25, -0.2) is 9.97 Å². The molecule has 0 radical (unpaired) electrons. The highest BCUT2D eigenvalue weighted by atomic mass is 35.5. The van der Waals surface area contributed by atoms with Gasteiger partial charge in [0.05, 0.1) is 13.7 Å². The third-order valence-corrected chi connectivity index (χ3v) is 4.99. The van der Waals surface area contributed by atoms with Crippen molar-refractivity contribution in [2.24, 2.45) is 0 Å². The van der Waals surface area contributed by atoms with Gasteiger partial charge in [-0.15, -0.1) is 10.2 Å². The standard InChI is InChI=1S/C18H17ClN4O2S/c1-12(25-10-13-3-5-15(24-2)6-4-13)17-22-23-18(26-17)16(7-19)14-8-20-11-21-9-14/h3-9,11-12H,10H2,1-2H3/b16-7+. The first kappa shape index (κ1) is 18.4. The van der Waals surface area contributed by atoms with E-state index in [2.05, 4.69) is 20.2 Å². The van der Waals surface area contributed by atoms with Gasteiger partial charge in [-0.05, 0) is 24.6 Å². The Balaban J connectivity index is 1.66. The van der Waals surface area contributed by atoms with E-state index < -0.39 is 0 Å². The van der Waals surface area contributed by atoms with Gasteiger partial charge in [0, 0.05) is 29.1 Å². The maximum absolute atomic E-state index is 5.97. The first-order chi connectivity index (χ1) is 12.7. The van der Waals surface area contributed by atoms with Crippen molar-refractivity contribution in [1.82, 2.24) is 20.2 Å². The van der Waals surface area contributed by atoms with Gasteiger partial charge >= 0.3 is 0 Å². The SMILES string of the molecule is COc1ccc(COC(C)c2nnc(/C(=C/Cl)c3cncnc3)s2)cc1. The molecular weight excluding hydrogens is 372 g/mol. The molecule has 2 aromatic heterocycles. The second kappa shape index (κ2) is 8.84. The predicted molar refractivity (Wildman–Crippen MR) is 101 cm³/mol. The number of nitrogens with zero attached hydrogens (tertiary/aromatic N) is 4. The minimum absolute atomic E-state index is 0.188. The fourth-order valence-corrected chi connectivity index (χ4v) is 3.37. The zero-order valence-corrected chi connectivity index (χ0v) is 15.9. The summed E-state index contributed by atoms with van der Waals surface area (Å²) < 4.78 is 11.1. The van der Waals surface area contributed by atoms with Crippen LogP contribution in [-0.2, 0) is 11.3 Å². The highest BCUT2D eigenvalue weighted by molar-refractivity contribution is 7.12. The molecule has 8 heteroatoms. The fourth-order valence-electron chi connectivity index (χ4n) is 2.19. The van der Waals surface area contributed by atoms with Crippen molar-refractivity contribution in [2.75, 3.05) is 7.11 Å². The van der Waals surface area contributed by atoms with E-state index in [-0.39, 0.29) is 6.10 Å². The third kappa shape index (κ3) is 4.43. The van der Waals surface area contributed by atoms with Crippen LogP contribution < -0.4 is 4.74 Å². The number of benzene rings is 1. The van der Waals surface area contributed by atoms with Crippen molar-refractivity contribution in [1.29, 1.82) is 0 Å². The van der Waals surface area contributed by atoms with Crippen LogP contribution in [0.15, 0.2) is 48.5 Å². The van der Waals surface area contributed by atoms with Crippen LogP contribution >= 0.6 is 22.9 Å². The number of ether oxygens (including phenoxy) is 2. The zero-order chi connectivity index (χ0) is 18.4. The number of hydrogen-bond acceptors (Lipinski definition) is 7. The van der Waals surface area contributed by atoms with Crippen molar-refractivity contribution in [3.8, 4) is 5.75 Å². The molecule has 1 atom stereocenters. The molecule has 2 heterocycles. The molecular formula is C18H17ClN4O2S. The highest BCUT2D eigenvalue weighted by Crippen LogP contribution is 2.30. The van der Waals surface area contributed by atoms with Crippen LogP contribution in [0.4, 0.5) is 0 Å². The maximum Gasteiger partial charge on any atom is 0.149 e. The summed E-state index contributed by atoms with van der Waals surface area (Å²) in [5.74, 6) is 0.820. The zero-order valence-electron chi connectivity index (χ0n) is 14.3. The second-order valence-electron chi connectivity index (χ2n) is 5.40. The van der Waals surface area contributed by atoms with Crippen molar-refractivity contribution >= 4 is 28.5 Å². The summed E-state index contributed by atoms with van der Waals surface area (Å²) in [7, 11) is 1.64. The molecule has 0 spiro atoms. The lowest BCUT2D eigenvalue weighted by molar-refractivity contribution is 0.0519. The monoisotopic (exact) mass is 388 g/mol. The van der Waals surface area contributed by atoms with E-state index in [1.54, 1.807) is 19.5 Å². The second-order valence-corrected chi connectivity index (χ2v) is 6.62. The van der Waals surface area contributed by atoms with Crippen LogP contribution in [0.25, 0.3) is 5.57 Å². The molecule has 26 heavy (non-hydrogen) atoms. The van der Waals surface area contributed by atoms with Gasteiger partial charge in [-0.1, -0.05) is 35.1 Å². The van der Waals surface area contributed by atoms with Crippen molar-refractivity contribution in [2.45, 2.75) is 19.6 Å². The van der Waals surface area contributed by atoms with E-state index in [4.69, 9.17) is 21.1 Å². The molecule has 0 aliphatic carbocycles. The molecule has 6 nitrogen and oxygen atoms in total. The van der Waals surface area contributed by atoms with E-state index in [0.29, 0.717) is 11.6 Å². The third-order valence-electron chi connectivity index (χ3n) is 3.66. The summed E-state index contributed by atoms with van der Waals surface area (Å²) in [6.45, 7) is 2.42. The predicted octanol–water partition coefficient (Wildman–Crippen LogP) is 4.24. The molecule has 0 saturated carbocycles. The largest absolute Gasteiger partial charge is 0.497 e. The van der Waals surface area contributed by atoms with Crippen molar-refractivity contribution in [3.63, 3.8) is 0 Å². The molecule has 3 aromatic rings. The normalized spacial score (nSPS) is 12.8. The summed E-state index contributed by atoms with van der Waals surface area (Å²) in [6, 6.07) is 7.76. The summed E-state index contributed by atoms with van der Waals surface area (Å²) in [6.07, 6.45) is 4.65. The Hall–Kier alpha value is -2.35. The van der Waals surface area contributed by atoms with Crippen LogP contribution in [-0.4, -0.2) is 27.3 Å². The van der Waals surface area contributed by atoms with E-state index in [1.807, 2.05) is 31.2 Å². The quantitative estimate of drug-likeness (QED) is 0.602. The van der Waals surface area contributed by atoms with Gasteiger partial charge in [-0.3, -0.25) is 0 Å². The average molecular weight is 389 g/mol. The lowest BCUT2D eigenvalue weighted by Crippen LogP contribution is -2.00. The Bertz CT molecular complexity index is 868. The summed E-state index contributed by atoms with van der Waals surface area (Å²) in [5, 5.41) is 9.94. The van der Waals surface area contributed by atoms with Crippen LogP contribution in [0, 0.1) is 0 Å². The topological polar surface area (TPSA) is 70.0 Å².